The van der Waals surface area contributed by atoms with E-state index in [1.807, 2.05) is 0 Å². The van der Waals surface area contributed by atoms with Crippen LogP contribution in [0.25, 0.3) is 10.9 Å². The van der Waals surface area contributed by atoms with Crippen molar-refractivity contribution in [2.75, 3.05) is 13.1 Å². The minimum atomic E-state index is -4.48. The molecule has 0 radical (unpaired) electrons. The fraction of sp³-hybridized carbons (Fsp3) is 0.500. The van der Waals surface area contributed by atoms with Crippen LogP contribution in [0.4, 0.5) is 13.2 Å². The second kappa shape index (κ2) is 8.00. The van der Waals surface area contributed by atoms with Crippen LogP contribution in [0.5, 0.6) is 0 Å². The van der Waals surface area contributed by atoms with E-state index in [9.17, 15) is 22.8 Å². The minimum absolute atomic E-state index is 0.0246. The third-order valence-electron chi connectivity index (χ3n) is 3.74. The molecule has 0 fully saturated rings. The zero-order valence-corrected chi connectivity index (χ0v) is 16.9. The van der Waals surface area contributed by atoms with Gasteiger partial charge < -0.3 is 4.90 Å². The zero-order valence-electron chi connectivity index (χ0n) is 15.3. The fourth-order valence-corrected chi connectivity index (χ4v) is 3.05. The average molecular weight is 448 g/mol. The van der Waals surface area contributed by atoms with Crippen LogP contribution in [0, 0.1) is 5.41 Å². The van der Waals surface area contributed by atoms with Crippen LogP contribution in [-0.2, 0) is 11.3 Å². The molecule has 0 N–H and O–H groups in total. The number of halogens is 4. The summed E-state index contributed by atoms with van der Waals surface area (Å²) in [4.78, 5) is 29.9. The van der Waals surface area contributed by atoms with E-state index < -0.39 is 24.0 Å². The van der Waals surface area contributed by atoms with E-state index in [-0.39, 0.29) is 25.1 Å². The van der Waals surface area contributed by atoms with Crippen molar-refractivity contribution in [3.05, 3.63) is 39.4 Å². The number of amides is 1. The SMILES string of the molecule is CC(C)(C)CN(CC(F)(F)F)C(=O)CCn1cnc2ccc(Br)cc2c1=O. The summed E-state index contributed by atoms with van der Waals surface area (Å²) in [5, 5.41) is 0.376. The Morgan fingerprint density at radius 3 is 2.48 bits per heavy atom. The molecule has 2 rings (SSSR count). The number of nitrogens with zero attached hydrogens (tertiary/aromatic N) is 3. The van der Waals surface area contributed by atoms with Crippen LogP contribution < -0.4 is 5.56 Å². The quantitative estimate of drug-likeness (QED) is 0.696. The van der Waals surface area contributed by atoms with Gasteiger partial charge in [0.1, 0.15) is 6.54 Å². The molecule has 0 aliphatic carbocycles. The smallest absolute Gasteiger partial charge is 0.333 e. The second-order valence-electron chi connectivity index (χ2n) is 7.58. The number of carbonyl (C=O) groups is 1. The number of aryl methyl sites for hydroxylation is 1. The molecule has 0 spiro atoms. The summed E-state index contributed by atoms with van der Waals surface area (Å²) in [6.07, 6.45) is -3.38. The van der Waals surface area contributed by atoms with E-state index >= 15 is 0 Å². The Kier molecular flexibility index (Phi) is 6.34. The fourth-order valence-electron chi connectivity index (χ4n) is 2.69. The molecule has 0 aliphatic heterocycles. The maximum absolute atomic E-state index is 12.8. The van der Waals surface area contributed by atoms with Gasteiger partial charge in [-0.05, 0) is 23.6 Å². The van der Waals surface area contributed by atoms with Crippen molar-refractivity contribution in [2.45, 2.75) is 39.9 Å². The Morgan fingerprint density at radius 2 is 1.89 bits per heavy atom. The molecule has 0 bridgehead atoms. The molecular formula is C18H21BrF3N3O2. The predicted molar refractivity (Wildman–Crippen MR) is 100 cm³/mol. The van der Waals surface area contributed by atoms with Crippen LogP contribution >= 0.6 is 15.9 Å². The second-order valence-corrected chi connectivity index (χ2v) is 8.50. The lowest BCUT2D eigenvalue weighted by atomic mass is 9.96. The number of hydrogen-bond acceptors (Lipinski definition) is 3. The van der Waals surface area contributed by atoms with Crippen LogP contribution in [-0.4, -0.2) is 39.6 Å². The van der Waals surface area contributed by atoms with Gasteiger partial charge >= 0.3 is 6.18 Å². The van der Waals surface area contributed by atoms with Crippen LogP contribution in [0.2, 0.25) is 0 Å². The first kappa shape index (κ1) is 21.4. The summed E-state index contributed by atoms with van der Waals surface area (Å²) in [6.45, 7) is 3.92. The number of rotatable bonds is 5. The Balaban J connectivity index is 2.18. The van der Waals surface area contributed by atoms with Crippen LogP contribution in [0.1, 0.15) is 27.2 Å². The molecule has 0 saturated carbocycles. The molecule has 1 aromatic carbocycles. The molecule has 9 heteroatoms. The molecule has 1 heterocycles. The van der Waals surface area contributed by atoms with Gasteiger partial charge in [0.05, 0.1) is 17.2 Å². The molecule has 27 heavy (non-hydrogen) atoms. The summed E-state index contributed by atoms with van der Waals surface area (Å²) in [5.41, 5.74) is -0.307. The van der Waals surface area contributed by atoms with Gasteiger partial charge in [0, 0.05) is 24.0 Å². The monoisotopic (exact) mass is 447 g/mol. The normalized spacial score (nSPS) is 12.4. The highest BCUT2D eigenvalue weighted by atomic mass is 79.9. The van der Waals surface area contributed by atoms with Crippen molar-refractivity contribution in [1.29, 1.82) is 0 Å². The predicted octanol–water partition coefficient (Wildman–Crippen LogP) is 3.99. The van der Waals surface area contributed by atoms with E-state index in [2.05, 4.69) is 20.9 Å². The van der Waals surface area contributed by atoms with Gasteiger partial charge in [-0.3, -0.25) is 14.2 Å². The lowest BCUT2D eigenvalue weighted by Gasteiger charge is -2.30. The Hall–Kier alpha value is -1.90. The largest absolute Gasteiger partial charge is 0.406 e. The Labute approximate surface area is 163 Å². The molecule has 1 amide bonds. The van der Waals surface area contributed by atoms with Crippen molar-refractivity contribution in [3.63, 3.8) is 0 Å². The first-order chi connectivity index (χ1) is 12.4. The van der Waals surface area contributed by atoms with Gasteiger partial charge in [0.25, 0.3) is 5.56 Å². The van der Waals surface area contributed by atoms with Crippen molar-refractivity contribution in [2.24, 2.45) is 5.41 Å². The number of aromatic nitrogens is 2. The van der Waals surface area contributed by atoms with E-state index in [4.69, 9.17) is 0 Å². The molecule has 0 aliphatic rings. The summed E-state index contributed by atoms with van der Waals surface area (Å²) in [7, 11) is 0. The summed E-state index contributed by atoms with van der Waals surface area (Å²) in [5.74, 6) is -0.650. The summed E-state index contributed by atoms with van der Waals surface area (Å²) < 4.78 is 40.4. The lowest BCUT2D eigenvalue weighted by Crippen LogP contribution is -2.43. The maximum Gasteiger partial charge on any atom is 0.406 e. The van der Waals surface area contributed by atoms with E-state index in [1.165, 1.54) is 10.9 Å². The lowest BCUT2D eigenvalue weighted by molar-refractivity contribution is -0.163. The van der Waals surface area contributed by atoms with Gasteiger partial charge in [-0.1, -0.05) is 36.7 Å². The van der Waals surface area contributed by atoms with E-state index in [1.54, 1.807) is 39.0 Å². The third kappa shape index (κ3) is 6.34. The number of hydrogen-bond donors (Lipinski definition) is 0. The Morgan fingerprint density at radius 1 is 1.22 bits per heavy atom. The molecular weight excluding hydrogens is 427 g/mol. The summed E-state index contributed by atoms with van der Waals surface area (Å²) in [6, 6.07) is 5.06. The molecule has 2 aromatic rings. The average Bonchev–Trinajstić information content (AvgIpc) is 2.51. The third-order valence-corrected chi connectivity index (χ3v) is 4.23. The standard InChI is InChI=1S/C18H21BrF3N3O2/c1-17(2,3)9-25(10-18(20,21)22)15(26)6-7-24-11-23-14-5-4-12(19)8-13(14)16(24)27/h4-5,8,11H,6-7,9-10H2,1-3H3. The number of fused-ring (bicyclic) bond motifs is 1. The highest BCUT2D eigenvalue weighted by Crippen LogP contribution is 2.22. The number of alkyl halides is 3. The molecule has 0 unspecified atom stereocenters. The van der Waals surface area contributed by atoms with E-state index in [0.717, 1.165) is 4.90 Å². The topological polar surface area (TPSA) is 55.2 Å². The van der Waals surface area contributed by atoms with Gasteiger partial charge in [-0.15, -0.1) is 0 Å². The first-order valence-electron chi connectivity index (χ1n) is 8.35. The first-order valence-corrected chi connectivity index (χ1v) is 9.14. The highest BCUT2D eigenvalue weighted by molar-refractivity contribution is 9.10. The van der Waals surface area contributed by atoms with Crippen molar-refractivity contribution < 1.29 is 18.0 Å². The van der Waals surface area contributed by atoms with Crippen molar-refractivity contribution in [3.8, 4) is 0 Å². The minimum Gasteiger partial charge on any atom is -0.333 e. The molecule has 0 atom stereocenters. The molecule has 1 aromatic heterocycles. The van der Waals surface area contributed by atoms with Gasteiger partial charge in [0.2, 0.25) is 5.91 Å². The van der Waals surface area contributed by atoms with E-state index in [0.29, 0.717) is 15.4 Å². The zero-order chi connectivity index (χ0) is 20.4. The maximum atomic E-state index is 12.8. The molecule has 148 valence electrons. The molecule has 5 nitrogen and oxygen atoms in total. The van der Waals surface area contributed by atoms with Crippen LogP contribution in [0.15, 0.2) is 33.8 Å². The highest BCUT2D eigenvalue weighted by Gasteiger charge is 2.34. The molecule has 0 saturated heterocycles. The van der Waals surface area contributed by atoms with Gasteiger partial charge in [-0.2, -0.15) is 13.2 Å². The van der Waals surface area contributed by atoms with Gasteiger partial charge in [-0.25, -0.2) is 4.98 Å². The van der Waals surface area contributed by atoms with Crippen molar-refractivity contribution >= 4 is 32.7 Å². The summed E-state index contributed by atoms with van der Waals surface area (Å²) >= 11 is 3.28. The van der Waals surface area contributed by atoms with Crippen LogP contribution in [0.3, 0.4) is 0 Å². The van der Waals surface area contributed by atoms with Crippen molar-refractivity contribution in [1.82, 2.24) is 14.5 Å². The van der Waals surface area contributed by atoms with Gasteiger partial charge in [0.15, 0.2) is 0 Å². The number of benzene rings is 1. The Bertz CT molecular complexity index is 872. The number of carbonyl (C=O) groups excluding carboxylic acids is 1.